The minimum absolute atomic E-state index is 0.558. The van der Waals surface area contributed by atoms with Crippen molar-refractivity contribution in [1.82, 2.24) is 0 Å². The van der Waals surface area contributed by atoms with Crippen LogP contribution < -0.4 is 0 Å². The molecule has 0 aromatic carbocycles. The van der Waals surface area contributed by atoms with Crippen molar-refractivity contribution in [1.29, 1.82) is 0 Å². The Morgan fingerprint density at radius 2 is 1.78 bits per heavy atom. The SMILES string of the molecule is C=CCC[C@@H]1CC[C@H]2C[C@@H]3[C@H](C)CCC[C@@]3(C)CC[C@@H]1C2(C)C. The maximum absolute atomic E-state index is 3.97. The summed E-state index contributed by atoms with van der Waals surface area (Å²) in [5.41, 5.74) is 1.20. The van der Waals surface area contributed by atoms with Gasteiger partial charge in [0, 0.05) is 0 Å². The fourth-order valence-corrected chi connectivity index (χ4v) is 7.13. The molecule has 0 nitrogen and oxygen atoms in total. The van der Waals surface area contributed by atoms with E-state index in [0.717, 1.165) is 29.6 Å². The van der Waals surface area contributed by atoms with Gasteiger partial charge in [-0.2, -0.15) is 0 Å². The highest BCUT2D eigenvalue weighted by Gasteiger charge is 2.51. The number of rotatable bonds is 3. The second-order valence-electron chi connectivity index (χ2n) is 10.2. The average molecular weight is 317 g/mol. The third-order valence-corrected chi connectivity index (χ3v) is 8.76. The average Bonchev–Trinajstić information content (AvgIpc) is 2.49. The van der Waals surface area contributed by atoms with Crippen LogP contribution in [0.4, 0.5) is 0 Å². The normalized spacial score (nSPS) is 46.3. The smallest absolute Gasteiger partial charge is 0.0295 e. The van der Waals surface area contributed by atoms with Crippen LogP contribution in [0.15, 0.2) is 12.7 Å². The predicted octanol–water partition coefficient (Wildman–Crippen LogP) is 7.25. The third kappa shape index (κ3) is 3.16. The van der Waals surface area contributed by atoms with Crippen LogP contribution in [0.3, 0.4) is 0 Å². The van der Waals surface area contributed by atoms with Gasteiger partial charge in [0.15, 0.2) is 0 Å². The van der Waals surface area contributed by atoms with Crippen LogP contribution in [-0.4, -0.2) is 0 Å². The van der Waals surface area contributed by atoms with Gasteiger partial charge in [-0.25, -0.2) is 0 Å². The highest BCUT2D eigenvalue weighted by atomic mass is 14.6. The Morgan fingerprint density at radius 1 is 1.00 bits per heavy atom. The highest BCUT2D eigenvalue weighted by Crippen LogP contribution is 2.60. The molecule has 0 saturated heterocycles. The quantitative estimate of drug-likeness (QED) is 0.481. The van der Waals surface area contributed by atoms with Gasteiger partial charge in [0.25, 0.3) is 0 Å². The second kappa shape index (κ2) is 6.57. The van der Waals surface area contributed by atoms with Gasteiger partial charge < -0.3 is 0 Å². The standard InChI is InChI=1S/C23H40/c1-6-7-10-18-11-12-19-16-21-17(2)9-8-14-23(21,5)15-13-20(18)22(19,3)4/h6,17-21H,1,7-16H2,2-5H3/t17-,18-,19+,20+,21-,23+/m1/s1. The van der Waals surface area contributed by atoms with Gasteiger partial charge in [-0.1, -0.05) is 46.6 Å². The molecule has 0 aromatic heterocycles. The molecule has 6 atom stereocenters. The molecular formula is C23H40. The Labute approximate surface area is 145 Å². The lowest BCUT2D eigenvalue weighted by Crippen LogP contribution is -2.48. The number of allylic oxidation sites excluding steroid dienone is 1. The van der Waals surface area contributed by atoms with Crippen molar-refractivity contribution in [2.45, 2.75) is 91.9 Å². The van der Waals surface area contributed by atoms with Crippen LogP contribution in [0.1, 0.15) is 91.9 Å². The topological polar surface area (TPSA) is 0 Å². The van der Waals surface area contributed by atoms with Crippen LogP contribution >= 0.6 is 0 Å². The number of fused-ring (bicyclic) bond motifs is 3. The summed E-state index contributed by atoms with van der Waals surface area (Å²) in [6.45, 7) is 14.4. The summed E-state index contributed by atoms with van der Waals surface area (Å²) in [7, 11) is 0. The molecule has 3 aliphatic carbocycles. The van der Waals surface area contributed by atoms with E-state index in [-0.39, 0.29) is 0 Å². The minimum atomic E-state index is 0.558. The maximum Gasteiger partial charge on any atom is -0.0295 e. The van der Waals surface area contributed by atoms with Crippen LogP contribution in [0.25, 0.3) is 0 Å². The van der Waals surface area contributed by atoms with Crippen LogP contribution in [0, 0.1) is 40.4 Å². The van der Waals surface area contributed by atoms with Crippen molar-refractivity contribution in [3.63, 3.8) is 0 Å². The first kappa shape index (κ1) is 17.6. The molecule has 0 spiro atoms. The Balaban J connectivity index is 1.84. The monoisotopic (exact) mass is 316 g/mol. The first-order valence-corrected chi connectivity index (χ1v) is 10.5. The molecule has 23 heavy (non-hydrogen) atoms. The molecule has 0 aromatic rings. The molecule has 3 saturated carbocycles. The van der Waals surface area contributed by atoms with E-state index in [2.05, 4.69) is 40.3 Å². The first-order chi connectivity index (χ1) is 10.9. The molecule has 0 heteroatoms. The van der Waals surface area contributed by atoms with Gasteiger partial charge in [0.2, 0.25) is 0 Å². The summed E-state index contributed by atoms with van der Waals surface area (Å²) in [6.07, 6.45) is 16.7. The van der Waals surface area contributed by atoms with E-state index in [1.54, 1.807) is 0 Å². The zero-order valence-corrected chi connectivity index (χ0v) is 16.2. The van der Waals surface area contributed by atoms with E-state index >= 15 is 0 Å². The van der Waals surface area contributed by atoms with E-state index in [1.807, 2.05) is 0 Å². The van der Waals surface area contributed by atoms with Gasteiger partial charge >= 0.3 is 0 Å². The van der Waals surface area contributed by atoms with Gasteiger partial charge in [-0.15, -0.1) is 6.58 Å². The summed E-state index contributed by atoms with van der Waals surface area (Å²) in [4.78, 5) is 0. The summed E-state index contributed by atoms with van der Waals surface area (Å²) < 4.78 is 0. The lowest BCUT2D eigenvalue weighted by molar-refractivity contribution is -0.0737. The van der Waals surface area contributed by atoms with Gasteiger partial charge in [0.05, 0.1) is 0 Å². The molecule has 3 rings (SSSR count). The van der Waals surface area contributed by atoms with Crippen LogP contribution in [0.5, 0.6) is 0 Å². The second-order valence-corrected chi connectivity index (χ2v) is 10.2. The van der Waals surface area contributed by atoms with Crippen molar-refractivity contribution < 1.29 is 0 Å². The lowest BCUT2D eigenvalue weighted by Gasteiger charge is -2.57. The van der Waals surface area contributed by atoms with Gasteiger partial charge in [-0.3, -0.25) is 0 Å². The summed E-state index contributed by atoms with van der Waals surface area (Å²) in [5, 5.41) is 0. The van der Waals surface area contributed by atoms with Crippen molar-refractivity contribution in [3.8, 4) is 0 Å². The van der Waals surface area contributed by atoms with E-state index in [1.165, 1.54) is 64.2 Å². The van der Waals surface area contributed by atoms with Crippen molar-refractivity contribution in [2.75, 3.05) is 0 Å². The van der Waals surface area contributed by atoms with Crippen molar-refractivity contribution in [2.24, 2.45) is 40.4 Å². The highest BCUT2D eigenvalue weighted by molar-refractivity contribution is 5.01. The molecule has 0 aliphatic heterocycles. The molecule has 0 radical (unpaired) electrons. The molecular weight excluding hydrogens is 276 g/mol. The van der Waals surface area contributed by atoms with E-state index in [4.69, 9.17) is 0 Å². The summed E-state index contributed by atoms with van der Waals surface area (Å²) in [6, 6.07) is 0. The summed E-state index contributed by atoms with van der Waals surface area (Å²) >= 11 is 0. The van der Waals surface area contributed by atoms with Crippen molar-refractivity contribution in [3.05, 3.63) is 12.7 Å². The van der Waals surface area contributed by atoms with Crippen LogP contribution in [0.2, 0.25) is 0 Å². The van der Waals surface area contributed by atoms with Crippen molar-refractivity contribution >= 4 is 0 Å². The largest absolute Gasteiger partial charge is 0.103 e. The molecule has 3 fully saturated rings. The maximum atomic E-state index is 3.97. The van der Waals surface area contributed by atoms with Gasteiger partial charge in [0.1, 0.15) is 0 Å². The molecule has 132 valence electrons. The zero-order chi connectivity index (χ0) is 16.7. The Kier molecular flexibility index (Phi) is 5.01. The minimum Gasteiger partial charge on any atom is -0.103 e. The van der Waals surface area contributed by atoms with E-state index < -0.39 is 0 Å². The third-order valence-electron chi connectivity index (χ3n) is 8.76. The Morgan fingerprint density at radius 3 is 2.52 bits per heavy atom. The predicted molar refractivity (Wildman–Crippen MR) is 101 cm³/mol. The van der Waals surface area contributed by atoms with E-state index in [9.17, 15) is 0 Å². The molecule has 2 bridgehead atoms. The Hall–Kier alpha value is -0.260. The molecule has 0 heterocycles. The fourth-order valence-electron chi connectivity index (χ4n) is 7.13. The Bertz CT molecular complexity index is 420. The first-order valence-electron chi connectivity index (χ1n) is 10.5. The molecule has 3 aliphatic rings. The molecule has 0 N–H and O–H groups in total. The van der Waals surface area contributed by atoms with Crippen LogP contribution in [-0.2, 0) is 0 Å². The molecule has 0 unspecified atom stereocenters. The fraction of sp³-hybridized carbons (Fsp3) is 0.913. The number of hydrogen-bond acceptors (Lipinski definition) is 0. The summed E-state index contributed by atoms with van der Waals surface area (Å²) in [5.74, 6) is 4.83. The molecule has 0 amide bonds. The van der Waals surface area contributed by atoms with Gasteiger partial charge in [-0.05, 0) is 91.8 Å². The number of hydrogen-bond donors (Lipinski definition) is 0. The zero-order valence-electron chi connectivity index (χ0n) is 16.2. The van der Waals surface area contributed by atoms with E-state index in [0.29, 0.717) is 10.8 Å². The lowest BCUT2D eigenvalue weighted by atomic mass is 9.48.